The summed E-state index contributed by atoms with van der Waals surface area (Å²) in [5, 5.41) is 2.42. The Hall–Kier alpha value is -3.26. The molecule has 1 saturated heterocycles. The first-order chi connectivity index (χ1) is 17.4. The van der Waals surface area contributed by atoms with E-state index in [2.05, 4.69) is 5.32 Å². The van der Waals surface area contributed by atoms with Crippen LogP contribution in [0.2, 0.25) is 0 Å². The Labute approximate surface area is 212 Å². The van der Waals surface area contributed by atoms with E-state index in [1.807, 2.05) is 0 Å². The van der Waals surface area contributed by atoms with Crippen molar-refractivity contribution in [2.75, 3.05) is 25.0 Å². The molecule has 1 amide bonds. The largest absolute Gasteiger partial charge is 0.416 e. The van der Waals surface area contributed by atoms with Crippen molar-refractivity contribution in [1.82, 2.24) is 8.61 Å². The number of benzene rings is 3. The quantitative estimate of drug-likeness (QED) is 0.504. The maximum Gasteiger partial charge on any atom is 0.416 e. The fourth-order valence-electron chi connectivity index (χ4n) is 3.90. The molecule has 0 radical (unpaired) electrons. The minimum Gasteiger partial charge on any atom is -0.325 e. The van der Waals surface area contributed by atoms with Crippen molar-refractivity contribution >= 4 is 31.6 Å². The second-order valence-corrected chi connectivity index (χ2v) is 12.0. The number of carbonyl (C=O) groups excluding carboxylic acids is 1. The van der Waals surface area contributed by atoms with Gasteiger partial charge in [0.25, 0.3) is 0 Å². The first kappa shape index (κ1) is 26.8. The van der Waals surface area contributed by atoms with Gasteiger partial charge in [0, 0.05) is 25.3 Å². The first-order valence-corrected chi connectivity index (χ1v) is 13.9. The number of anilines is 1. The van der Waals surface area contributed by atoms with Crippen LogP contribution in [0.15, 0.2) is 94.7 Å². The molecule has 8 nitrogen and oxygen atoms in total. The molecule has 37 heavy (non-hydrogen) atoms. The molecule has 0 bridgehead atoms. The molecule has 196 valence electrons. The molecule has 3 aromatic rings. The highest BCUT2D eigenvalue weighted by Gasteiger charge is 2.43. The summed E-state index contributed by atoms with van der Waals surface area (Å²) in [6.45, 7) is -1.00. The minimum absolute atomic E-state index is 0.00176. The highest BCUT2D eigenvalue weighted by Crippen LogP contribution is 2.30. The van der Waals surface area contributed by atoms with Gasteiger partial charge in [0.2, 0.25) is 26.0 Å². The summed E-state index contributed by atoms with van der Waals surface area (Å²) in [6, 6.07) is 17.0. The van der Waals surface area contributed by atoms with E-state index >= 15 is 0 Å². The Morgan fingerprint density at radius 1 is 0.757 bits per heavy atom. The smallest absolute Gasteiger partial charge is 0.325 e. The van der Waals surface area contributed by atoms with Crippen LogP contribution in [0, 0.1) is 0 Å². The molecule has 1 heterocycles. The van der Waals surface area contributed by atoms with E-state index < -0.39 is 50.3 Å². The summed E-state index contributed by atoms with van der Waals surface area (Å²) >= 11 is 0. The lowest BCUT2D eigenvalue weighted by Gasteiger charge is -2.38. The van der Waals surface area contributed by atoms with Crippen LogP contribution >= 0.6 is 0 Å². The van der Waals surface area contributed by atoms with Gasteiger partial charge in [-0.25, -0.2) is 16.8 Å². The number of nitrogens with zero attached hydrogens (tertiary/aromatic N) is 2. The molecule has 1 N–H and O–H groups in total. The highest BCUT2D eigenvalue weighted by molar-refractivity contribution is 7.89. The van der Waals surface area contributed by atoms with Gasteiger partial charge < -0.3 is 5.32 Å². The normalized spacial score (nSPS) is 17.9. The van der Waals surface area contributed by atoms with Gasteiger partial charge in [0.1, 0.15) is 6.04 Å². The molecule has 3 aromatic carbocycles. The molecule has 4 rings (SSSR count). The number of alkyl halides is 3. The lowest BCUT2D eigenvalue weighted by atomic mass is 10.2. The van der Waals surface area contributed by atoms with Crippen LogP contribution in [0.3, 0.4) is 0 Å². The van der Waals surface area contributed by atoms with Crippen LogP contribution in [0.5, 0.6) is 0 Å². The van der Waals surface area contributed by atoms with Crippen molar-refractivity contribution in [1.29, 1.82) is 0 Å². The maximum absolute atomic E-state index is 13.4. The first-order valence-electron chi connectivity index (χ1n) is 11.0. The van der Waals surface area contributed by atoms with Crippen LogP contribution in [0.1, 0.15) is 5.56 Å². The number of hydrogen-bond acceptors (Lipinski definition) is 5. The number of carbonyl (C=O) groups is 1. The van der Waals surface area contributed by atoms with Crippen LogP contribution in [-0.4, -0.2) is 57.0 Å². The summed E-state index contributed by atoms with van der Waals surface area (Å²) < 4.78 is 93.8. The number of piperazine rings is 1. The molecule has 1 aliphatic rings. The monoisotopic (exact) mass is 553 g/mol. The third-order valence-corrected chi connectivity index (χ3v) is 9.61. The Balaban J connectivity index is 1.66. The molecule has 0 saturated carbocycles. The second-order valence-electron chi connectivity index (χ2n) is 8.19. The Bertz CT molecular complexity index is 1470. The van der Waals surface area contributed by atoms with Crippen LogP contribution in [0.4, 0.5) is 18.9 Å². The van der Waals surface area contributed by atoms with Crippen molar-refractivity contribution < 1.29 is 34.8 Å². The zero-order chi connectivity index (χ0) is 26.8. The number of hydrogen-bond donors (Lipinski definition) is 1. The van der Waals surface area contributed by atoms with Crippen LogP contribution < -0.4 is 5.32 Å². The Kier molecular flexibility index (Phi) is 7.42. The maximum atomic E-state index is 13.4. The van der Waals surface area contributed by atoms with Crippen molar-refractivity contribution in [2.24, 2.45) is 0 Å². The van der Waals surface area contributed by atoms with E-state index in [9.17, 15) is 34.8 Å². The van der Waals surface area contributed by atoms with Crippen molar-refractivity contribution in [3.05, 3.63) is 90.5 Å². The second kappa shape index (κ2) is 10.2. The summed E-state index contributed by atoms with van der Waals surface area (Å²) in [4.78, 5) is 13.2. The van der Waals surface area contributed by atoms with Crippen molar-refractivity contribution in [3.8, 4) is 0 Å². The zero-order valence-corrected chi connectivity index (χ0v) is 20.8. The van der Waals surface area contributed by atoms with Gasteiger partial charge in [-0.3, -0.25) is 4.79 Å². The summed E-state index contributed by atoms with van der Waals surface area (Å²) in [5.41, 5.74) is -0.922. The van der Waals surface area contributed by atoms with E-state index in [1.54, 1.807) is 12.1 Å². The van der Waals surface area contributed by atoms with E-state index in [0.29, 0.717) is 0 Å². The molecule has 0 spiro atoms. The standard InChI is InChI=1S/C24H22F3N3O5S2/c25-24(26,27)18-11-13-19(14-12-18)28-23(31)22-17-29(36(32,33)20-7-3-1-4-8-20)15-16-30(22)37(34,35)21-9-5-2-6-10-21/h1-14,22H,15-17H2,(H,28,31)/t22-/m1/s1. The number of amides is 1. The van der Waals surface area contributed by atoms with Gasteiger partial charge in [-0.2, -0.15) is 21.8 Å². The predicted octanol–water partition coefficient (Wildman–Crippen LogP) is 3.41. The lowest BCUT2D eigenvalue weighted by molar-refractivity contribution is -0.137. The Morgan fingerprint density at radius 3 is 1.78 bits per heavy atom. The van der Waals surface area contributed by atoms with Gasteiger partial charge in [0.15, 0.2) is 0 Å². The topological polar surface area (TPSA) is 104 Å². The molecule has 1 aliphatic heterocycles. The van der Waals surface area contributed by atoms with E-state index in [0.717, 1.165) is 32.9 Å². The molecular formula is C24H22F3N3O5S2. The third kappa shape index (κ3) is 5.69. The molecule has 0 aliphatic carbocycles. The zero-order valence-electron chi connectivity index (χ0n) is 19.2. The molecule has 13 heteroatoms. The predicted molar refractivity (Wildman–Crippen MR) is 129 cm³/mol. The average Bonchev–Trinajstić information content (AvgIpc) is 2.89. The number of sulfonamides is 2. The minimum atomic E-state index is -4.57. The Morgan fingerprint density at radius 2 is 1.27 bits per heavy atom. The highest BCUT2D eigenvalue weighted by atomic mass is 32.2. The fourth-order valence-corrected chi connectivity index (χ4v) is 6.95. The lowest BCUT2D eigenvalue weighted by Crippen LogP contribution is -2.60. The van der Waals surface area contributed by atoms with Gasteiger partial charge in [-0.05, 0) is 48.5 Å². The molecule has 0 unspecified atom stereocenters. The van der Waals surface area contributed by atoms with Gasteiger partial charge >= 0.3 is 6.18 Å². The average molecular weight is 554 g/mol. The van der Waals surface area contributed by atoms with Crippen molar-refractivity contribution in [2.45, 2.75) is 22.0 Å². The molecule has 0 aromatic heterocycles. The molecule has 1 atom stereocenters. The third-order valence-electron chi connectivity index (χ3n) is 5.81. The van der Waals surface area contributed by atoms with Crippen LogP contribution in [0.25, 0.3) is 0 Å². The molecule has 1 fully saturated rings. The van der Waals surface area contributed by atoms with Gasteiger partial charge in [-0.1, -0.05) is 36.4 Å². The van der Waals surface area contributed by atoms with E-state index in [-0.39, 0.29) is 28.6 Å². The molecular weight excluding hydrogens is 531 g/mol. The van der Waals surface area contributed by atoms with E-state index in [4.69, 9.17) is 0 Å². The van der Waals surface area contributed by atoms with Gasteiger partial charge in [-0.15, -0.1) is 0 Å². The number of rotatable bonds is 6. The van der Waals surface area contributed by atoms with Crippen LogP contribution in [-0.2, 0) is 31.0 Å². The van der Waals surface area contributed by atoms with Crippen molar-refractivity contribution in [3.63, 3.8) is 0 Å². The summed E-state index contributed by atoms with van der Waals surface area (Å²) in [6.07, 6.45) is -4.57. The number of nitrogens with one attached hydrogen (secondary N) is 1. The summed E-state index contributed by atoms with van der Waals surface area (Å²) in [7, 11) is -8.26. The fraction of sp³-hybridized carbons (Fsp3) is 0.208. The van der Waals surface area contributed by atoms with E-state index in [1.165, 1.54) is 48.5 Å². The SMILES string of the molecule is O=C(Nc1ccc(C(F)(F)F)cc1)[C@H]1CN(S(=O)(=O)c2ccccc2)CCN1S(=O)(=O)c1ccccc1. The number of halogens is 3. The summed E-state index contributed by atoms with van der Waals surface area (Å²) in [5.74, 6) is -0.882. The van der Waals surface area contributed by atoms with Gasteiger partial charge in [0.05, 0.1) is 15.4 Å².